The molecule has 0 bridgehead atoms. The van der Waals surface area contributed by atoms with E-state index in [1.165, 1.54) is 0 Å². The Hall–Kier alpha value is -1.65. The number of ketones is 1. The van der Waals surface area contributed by atoms with Crippen LogP contribution in [0.3, 0.4) is 0 Å². The summed E-state index contributed by atoms with van der Waals surface area (Å²) in [5, 5.41) is 34.9. The summed E-state index contributed by atoms with van der Waals surface area (Å²) in [4.78, 5) is 10.6. The van der Waals surface area contributed by atoms with Gasteiger partial charge in [0.15, 0.2) is 5.76 Å². The molecule has 0 atom stereocenters. The molecule has 1 aliphatic rings. The van der Waals surface area contributed by atoms with Crippen LogP contribution in [0, 0.1) is 0 Å². The third kappa shape index (κ3) is 1.000. The number of aliphatic hydroxyl groups excluding tert-OH is 4. The first-order valence-corrected chi connectivity index (χ1v) is 2.81. The first kappa shape index (κ1) is 7.46. The molecular weight excluding hydrogens is 152 g/mol. The summed E-state index contributed by atoms with van der Waals surface area (Å²) in [5.74, 6) is -4.19. The highest BCUT2D eigenvalue weighted by atomic mass is 16.4. The molecule has 0 aromatic heterocycles. The fourth-order valence-electron chi connectivity index (χ4n) is 0.700. The van der Waals surface area contributed by atoms with Crippen LogP contribution in [0.4, 0.5) is 0 Å². The minimum atomic E-state index is -0.973. The average molecular weight is 158 g/mol. The maximum Gasteiger partial charge on any atom is 0.208 e. The van der Waals surface area contributed by atoms with Crippen molar-refractivity contribution in [1.29, 1.82) is 0 Å². The van der Waals surface area contributed by atoms with Gasteiger partial charge in [0.1, 0.15) is 5.76 Å². The molecule has 0 unspecified atom stereocenters. The number of hydrogen-bond donors (Lipinski definition) is 4. The van der Waals surface area contributed by atoms with Crippen molar-refractivity contribution in [3.8, 4) is 0 Å². The normalized spacial score (nSPS) is 19.5. The van der Waals surface area contributed by atoms with Crippen molar-refractivity contribution < 1.29 is 25.2 Å². The fourth-order valence-corrected chi connectivity index (χ4v) is 0.700. The maximum atomic E-state index is 10.6. The lowest BCUT2D eigenvalue weighted by Gasteiger charge is -2.10. The van der Waals surface area contributed by atoms with E-state index < -0.39 is 35.2 Å². The summed E-state index contributed by atoms with van der Waals surface area (Å²) in [6.07, 6.45) is -0.484. The van der Waals surface area contributed by atoms with Crippen LogP contribution in [-0.4, -0.2) is 26.2 Å². The molecule has 5 nitrogen and oxygen atoms in total. The number of aliphatic hydroxyl groups is 4. The molecule has 0 aromatic rings. The van der Waals surface area contributed by atoms with E-state index in [0.717, 1.165) is 0 Å². The molecule has 1 rings (SSSR count). The van der Waals surface area contributed by atoms with Gasteiger partial charge in [-0.25, -0.2) is 0 Å². The van der Waals surface area contributed by atoms with Gasteiger partial charge in [-0.05, 0) is 0 Å². The second-order valence-electron chi connectivity index (χ2n) is 2.09. The van der Waals surface area contributed by atoms with Gasteiger partial charge in [0.2, 0.25) is 17.3 Å². The Labute approximate surface area is 61.5 Å². The Morgan fingerprint density at radius 1 is 0.909 bits per heavy atom. The second-order valence-corrected chi connectivity index (χ2v) is 2.09. The largest absolute Gasteiger partial charge is 0.508 e. The zero-order valence-electron chi connectivity index (χ0n) is 5.40. The lowest BCUT2D eigenvalue weighted by atomic mass is 10.1. The predicted molar refractivity (Wildman–Crippen MR) is 34.2 cm³/mol. The van der Waals surface area contributed by atoms with Crippen LogP contribution >= 0.6 is 0 Å². The number of carbonyl (C=O) groups excluding carboxylic acids is 1. The molecule has 60 valence electrons. The molecule has 0 aromatic carbocycles. The molecule has 0 radical (unpaired) electrons. The molecule has 11 heavy (non-hydrogen) atoms. The van der Waals surface area contributed by atoms with Gasteiger partial charge in [-0.3, -0.25) is 4.79 Å². The van der Waals surface area contributed by atoms with Gasteiger partial charge in [0.25, 0.3) is 0 Å². The fraction of sp³-hybridized carbons (Fsp3) is 0.167. The van der Waals surface area contributed by atoms with E-state index in [1.807, 2.05) is 0 Å². The third-order valence-corrected chi connectivity index (χ3v) is 1.31. The molecule has 0 saturated carbocycles. The van der Waals surface area contributed by atoms with Crippen LogP contribution in [0.15, 0.2) is 23.0 Å². The summed E-state index contributed by atoms with van der Waals surface area (Å²) in [6.45, 7) is 0. The zero-order valence-corrected chi connectivity index (χ0v) is 5.40. The van der Waals surface area contributed by atoms with Crippen molar-refractivity contribution in [2.24, 2.45) is 0 Å². The lowest BCUT2D eigenvalue weighted by molar-refractivity contribution is -0.118. The number of allylic oxidation sites excluding steroid dienone is 2. The Kier molecular flexibility index (Phi) is 1.48. The Bertz CT molecular complexity index is 273. The van der Waals surface area contributed by atoms with Crippen molar-refractivity contribution in [1.82, 2.24) is 0 Å². The highest BCUT2D eigenvalue weighted by Gasteiger charge is 2.26. The van der Waals surface area contributed by atoms with E-state index in [0.29, 0.717) is 0 Å². The van der Waals surface area contributed by atoms with Crippen LogP contribution in [-0.2, 0) is 4.79 Å². The second kappa shape index (κ2) is 2.19. The van der Waals surface area contributed by atoms with Gasteiger partial charge in [-0.2, -0.15) is 0 Å². The van der Waals surface area contributed by atoms with Crippen LogP contribution in [0.1, 0.15) is 6.42 Å². The summed E-state index contributed by atoms with van der Waals surface area (Å²) in [5.41, 5.74) is 0. The standard InChI is InChI=1S/C6H6O5/c7-2-1-3(8)5(10)6(11)4(2)9/h7,9-11H,1H2. The number of Topliss-reactive ketones (excluding diaryl/α,β-unsaturated/α-hetero) is 1. The summed E-state index contributed by atoms with van der Waals surface area (Å²) < 4.78 is 0. The minimum Gasteiger partial charge on any atom is -0.508 e. The molecular formula is C6H6O5. The lowest BCUT2D eigenvalue weighted by Crippen LogP contribution is -2.14. The molecule has 0 aliphatic heterocycles. The zero-order chi connectivity index (χ0) is 8.59. The molecule has 0 heterocycles. The average Bonchev–Trinajstić information content (AvgIpc) is 1.97. The van der Waals surface area contributed by atoms with E-state index in [1.54, 1.807) is 0 Å². The number of hydrogen-bond acceptors (Lipinski definition) is 5. The van der Waals surface area contributed by atoms with Crippen molar-refractivity contribution in [3.05, 3.63) is 23.0 Å². The van der Waals surface area contributed by atoms with Crippen LogP contribution < -0.4 is 0 Å². The third-order valence-electron chi connectivity index (χ3n) is 1.31. The molecule has 5 heteroatoms. The highest BCUT2D eigenvalue weighted by Crippen LogP contribution is 2.21. The quantitative estimate of drug-likeness (QED) is 0.414. The van der Waals surface area contributed by atoms with E-state index >= 15 is 0 Å². The van der Waals surface area contributed by atoms with Crippen LogP contribution in [0.2, 0.25) is 0 Å². The molecule has 4 N–H and O–H groups in total. The highest BCUT2D eigenvalue weighted by molar-refractivity contribution is 5.96. The van der Waals surface area contributed by atoms with Gasteiger partial charge >= 0.3 is 0 Å². The van der Waals surface area contributed by atoms with E-state index in [2.05, 4.69) is 0 Å². The number of carbonyl (C=O) groups is 1. The SMILES string of the molecule is O=C1CC(O)=C(O)C(O)=C1O. The predicted octanol–water partition coefficient (Wildman–Crippen LogP) is 0.614. The van der Waals surface area contributed by atoms with Gasteiger partial charge in [-0.1, -0.05) is 0 Å². The first-order chi connectivity index (χ1) is 5.04. The molecule has 0 amide bonds. The number of rotatable bonds is 0. The topological polar surface area (TPSA) is 98.0 Å². The van der Waals surface area contributed by atoms with E-state index in [-0.39, 0.29) is 0 Å². The Balaban J connectivity index is 3.18. The molecule has 0 spiro atoms. The molecule has 0 saturated heterocycles. The monoisotopic (exact) mass is 158 g/mol. The van der Waals surface area contributed by atoms with Crippen LogP contribution in [0.5, 0.6) is 0 Å². The van der Waals surface area contributed by atoms with Gasteiger partial charge in [-0.15, -0.1) is 0 Å². The first-order valence-electron chi connectivity index (χ1n) is 2.81. The van der Waals surface area contributed by atoms with Crippen LogP contribution in [0.25, 0.3) is 0 Å². The smallest absolute Gasteiger partial charge is 0.208 e. The Morgan fingerprint density at radius 2 is 1.45 bits per heavy atom. The molecule has 0 fully saturated rings. The van der Waals surface area contributed by atoms with Crippen molar-refractivity contribution >= 4 is 5.78 Å². The van der Waals surface area contributed by atoms with E-state index in [9.17, 15) is 4.79 Å². The van der Waals surface area contributed by atoms with Crippen molar-refractivity contribution in [2.45, 2.75) is 6.42 Å². The van der Waals surface area contributed by atoms with Gasteiger partial charge in [0, 0.05) is 0 Å². The summed E-state index contributed by atoms with van der Waals surface area (Å²) in [7, 11) is 0. The van der Waals surface area contributed by atoms with Gasteiger partial charge in [0.05, 0.1) is 6.42 Å². The Morgan fingerprint density at radius 3 is 2.00 bits per heavy atom. The van der Waals surface area contributed by atoms with E-state index in [4.69, 9.17) is 20.4 Å². The van der Waals surface area contributed by atoms with Crippen molar-refractivity contribution in [2.75, 3.05) is 0 Å². The van der Waals surface area contributed by atoms with Crippen molar-refractivity contribution in [3.63, 3.8) is 0 Å². The minimum absolute atomic E-state index is 0.484. The molecule has 1 aliphatic carbocycles. The summed E-state index contributed by atoms with van der Waals surface area (Å²) >= 11 is 0. The van der Waals surface area contributed by atoms with Gasteiger partial charge < -0.3 is 20.4 Å². The summed E-state index contributed by atoms with van der Waals surface area (Å²) in [6, 6.07) is 0. The maximum absolute atomic E-state index is 10.6.